The van der Waals surface area contributed by atoms with E-state index in [9.17, 15) is 0 Å². The zero-order valence-electron chi connectivity index (χ0n) is 54.8. The molecule has 87 heavy (non-hydrogen) atoms. The van der Waals surface area contributed by atoms with Crippen LogP contribution < -0.4 is 31.1 Å². The van der Waals surface area contributed by atoms with Crippen LogP contribution in [0.2, 0.25) is 0 Å². The molecule has 0 N–H and O–H groups in total. The Balaban J connectivity index is 1.09. The monoisotopic (exact) mass is 1140 g/mol. The van der Waals surface area contributed by atoms with Gasteiger partial charge in [-0.15, -0.1) is 0 Å². The number of rotatable bonds is 5. The Morgan fingerprint density at radius 3 is 1.39 bits per heavy atom. The summed E-state index contributed by atoms with van der Waals surface area (Å²) < 4.78 is 2.66. The SMILES string of the molecule is CC(C)(C)c1ccc(N(c2ccc(C(C)(C)C)cc2)c2ccc3c(c2)N(c2ccc(-c4ccc5ccccc5c4)cc2)c2cc(C(C)(C)C)cc4c2B3c2cc(C(C)(C)C)cc3c2N4c2cc(C(C)(C)C)cc4c5cc(C(C)(C)C)ccc5n-3c24)cc1. The van der Waals surface area contributed by atoms with Crippen LogP contribution in [0.4, 0.5) is 51.2 Å². The van der Waals surface area contributed by atoms with E-state index in [1.807, 2.05) is 0 Å². The molecule has 0 spiro atoms. The number of fused-ring (bicyclic) bond motifs is 10. The Kier molecular flexibility index (Phi) is 12.4. The van der Waals surface area contributed by atoms with Gasteiger partial charge in [0, 0.05) is 50.6 Å². The van der Waals surface area contributed by atoms with Crippen molar-refractivity contribution in [2.24, 2.45) is 0 Å². The number of benzene rings is 10. The Labute approximate surface area is 518 Å². The molecule has 11 aromatic rings. The lowest BCUT2D eigenvalue weighted by atomic mass is 9.33. The van der Waals surface area contributed by atoms with Crippen molar-refractivity contribution in [1.82, 2.24) is 4.57 Å². The van der Waals surface area contributed by atoms with E-state index in [1.54, 1.807) is 0 Å². The third kappa shape index (κ3) is 9.23. The Bertz CT molecular complexity index is 4550. The molecular formula is C82H85BN4. The van der Waals surface area contributed by atoms with Crippen molar-refractivity contribution in [3.05, 3.63) is 221 Å². The molecule has 0 fully saturated rings. The minimum Gasteiger partial charge on any atom is -0.311 e. The molecule has 4 nitrogen and oxygen atoms in total. The predicted molar refractivity (Wildman–Crippen MR) is 378 cm³/mol. The molecule has 436 valence electrons. The first-order valence-electron chi connectivity index (χ1n) is 31.8. The molecule has 0 radical (unpaired) electrons. The van der Waals surface area contributed by atoms with Crippen LogP contribution in [-0.4, -0.2) is 11.3 Å². The van der Waals surface area contributed by atoms with E-state index in [2.05, 4.69) is 332 Å². The van der Waals surface area contributed by atoms with E-state index >= 15 is 0 Å². The third-order valence-electron chi connectivity index (χ3n) is 19.4. The fourth-order valence-electron chi connectivity index (χ4n) is 14.1. The van der Waals surface area contributed by atoms with Crippen LogP contribution in [0.25, 0.3) is 49.4 Å². The highest BCUT2D eigenvalue weighted by Crippen LogP contribution is 2.56. The molecule has 0 unspecified atom stereocenters. The quantitative estimate of drug-likeness (QED) is 0.160. The summed E-state index contributed by atoms with van der Waals surface area (Å²) in [4.78, 5) is 7.84. The highest BCUT2D eigenvalue weighted by atomic mass is 15.2. The second kappa shape index (κ2) is 19.1. The van der Waals surface area contributed by atoms with Crippen LogP contribution in [0.3, 0.4) is 0 Å². The first-order chi connectivity index (χ1) is 40.9. The minimum absolute atomic E-state index is 0.0122. The number of hydrogen-bond acceptors (Lipinski definition) is 3. The van der Waals surface area contributed by atoms with Gasteiger partial charge in [-0.1, -0.05) is 216 Å². The molecule has 0 amide bonds. The fourth-order valence-corrected chi connectivity index (χ4v) is 14.1. The topological polar surface area (TPSA) is 14.7 Å². The van der Waals surface area contributed by atoms with Gasteiger partial charge in [0.05, 0.1) is 28.1 Å². The number of anilines is 9. The second-order valence-corrected chi connectivity index (χ2v) is 31.7. The number of nitrogens with zero attached hydrogens (tertiary/aromatic N) is 4. The Morgan fingerprint density at radius 2 is 0.805 bits per heavy atom. The van der Waals surface area contributed by atoms with Crippen LogP contribution >= 0.6 is 0 Å². The zero-order valence-corrected chi connectivity index (χ0v) is 54.8. The molecule has 3 aliphatic rings. The van der Waals surface area contributed by atoms with Crippen LogP contribution in [-0.2, 0) is 32.5 Å². The standard InChI is InChI=1S/C82H85BN4/c1-77(2,3)54-27-34-60(35-28-54)84(61-36-29-55(30-37-61)78(4,5)6)63-38-39-66-69(49-63)85(62-32-25-51(26-33-62)53-24-23-50-21-19-20-22-52(50)41-53)70-45-59(82(16,17)18)46-71-74(70)83(66)67-44-58(81(13,14)15)48-73-76(67)87(71)72-47-57(80(10,11)12)43-65-64-42-56(79(7,8)9)31-40-68(64)86(73)75(65)72/h19-49H,1-18H3. The van der Waals surface area contributed by atoms with Crippen molar-refractivity contribution in [2.45, 2.75) is 157 Å². The first-order valence-corrected chi connectivity index (χ1v) is 31.8. The van der Waals surface area contributed by atoms with E-state index in [0.717, 1.165) is 22.7 Å². The average molecular weight is 1140 g/mol. The van der Waals surface area contributed by atoms with E-state index in [1.165, 1.54) is 128 Å². The van der Waals surface area contributed by atoms with Gasteiger partial charge >= 0.3 is 0 Å². The molecule has 1 aromatic heterocycles. The lowest BCUT2D eigenvalue weighted by Gasteiger charge is -2.47. The summed E-state index contributed by atoms with van der Waals surface area (Å²) in [5, 5.41) is 5.12. The lowest BCUT2D eigenvalue weighted by molar-refractivity contribution is 0.589. The van der Waals surface area contributed by atoms with E-state index < -0.39 is 0 Å². The average Bonchev–Trinajstić information content (AvgIpc) is 1.67. The van der Waals surface area contributed by atoms with Gasteiger partial charge in [-0.3, -0.25) is 0 Å². The lowest BCUT2D eigenvalue weighted by Crippen LogP contribution is -2.62. The summed E-state index contributed by atoms with van der Waals surface area (Å²) >= 11 is 0. The molecule has 4 heterocycles. The highest BCUT2D eigenvalue weighted by Gasteiger charge is 2.48. The molecule has 0 saturated heterocycles. The largest absolute Gasteiger partial charge is 0.311 e. The van der Waals surface area contributed by atoms with E-state index in [0.29, 0.717) is 0 Å². The number of hydrogen-bond donors (Lipinski definition) is 0. The van der Waals surface area contributed by atoms with Gasteiger partial charge in [-0.2, -0.15) is 0 Å². The van der Waals surface area contributed by atoms with Gasteiger partial charge in [-0.05, 0) is 201 Å². The fraction of sp³-hybridized carbons (Fsp3) is 0.293. The van der Waals surface area contributed by atoms with Crippen molar-refractivity contribution in [3.63, 3.8) is 0 Å². The van der Waals surface area contributed by atoms with Gasteiger partial charge in [0.15, 0.2) is 0 Å². The summed E-state index contributed by atoms with van der Waals surface area (Å²) in [5.41, 5.74) is 28.3. The van der Waals surface area contributed by atoms with Crippen LogP contribution in [0.5, 0.6) is 0 Å². The Morgan fingerprint density at radius 1 is 0.322 bits per heavy atom. The van der Waals surface area contributed by atoms with Gasteiger partial charge in [-0.25, -0.2) is 0 Å². The highest BCUT2D eigenvalue weighted by molar-refractivity contribution is 7.00. The summed E-state index contributed by atoms with van der Waals surface area (Å²) in [5.74, 6) is 0. The van der Waals surface area contributed by atoms with Crippen molar-refractivity contribution in [1.29, 1.82) is 0 Å². The van der Waals surface area contributed by atoms with Crippen LogP contribution in [0, 0.1) is 0 Å². The van der Waals surface area contributed by atoms with Crippen molar-refractivity contribution >= 4 is 107 Å². The summed E-state index contributed by atoms with van der Waals surface area (Å²) in [6.45, 7) is 42.2. The van der Waals surface area contributed by atoms with Crippen LogP contribution in [0.15, 0.2) is 188 Å². The first kappa shape index (κ1) is 56.5. The second-order valence-electron chi connectivity index (χ2n) is 31.7. The summed E-state index contributed by atoms with van der Waals surface area (Å²) in [6, 6.07) is 73.7. The maximum atomic E-state index is 2.73. The maximum Gasteiger partial charge on any atom is 0.252 e. The van der Waals surface area contributed by atoms with Crippen molar-refractivity contribution < 1.29 is 0 Å². The molecule has 5 heteroatoms. The molecule has 3 aliphatic heterocycles. The van der Waals surface area contributed by atoms with Crippen molar-refractivity contribution in [3.8, 4) is 16.8 Å². The molecular weight excluding hydrogens is 1050 g/mol. The normalized spacial score (nSPS) is 14.0. The van der Waals surface area contributed by atoms with Crippen LogP contribution in [0.1, 0.15) is 158 Å². The predicted octanol–water partition coefficient (Wildman–Crippen LogP) is 21.3. The van der Waals surface area contributed by atoms with Gasteiger partial charge in [0.1, 0.15) is 0 Å². The molecule has 14 rings (SSSR count). The maximum absolute atomic E-state index is 2.73. The molecule has 0 saturated carbocycles. The molecule has 10 aromatic carbocycles. The zero-order chi connectivity index (χ0) is 61.4. The van der Waals surface area contributed by atoms with Gasteiger partial charge in [0.2, 0.25) is 0 Å². The number of aromatic nitrogens is 1. The smallest absolute Gasteiger partial charge is 0.252 e. The summed E-state index contributed by atoms with van der Waals surface area (Å²) in [7, 11) is 0. The molecule has 0 bridgehead atoms. The molecule has 0 atom stereocenters. The van der Waals surface area contributed by atoms with Gasteiger partial charge < -0.3 is 19.3 Å². The van der Waals surface area contributed by atoms with E-state index in [-0.39, 0.29) is 39.2 Å². The minimum atomic E-state index is -0.195. The third-order valence-corrected chi connectivity index (χ3v) is 19.4. The molecule has 0 aliphatic carbocycles. The Hall–Kier alpha value is -8.28. The van der Waals surface area contributed by atoms with E-state index in [4.69, 9.17) is 0 Å². The van der Waals surface area contributed by atoms with Gasteiger partial charge in [0.25, 0.3) is 6.71 Å². The van der Waals surface area contributed by atoms with Crippen molar-refractivity contribution in [2.75, 3.05) is 14.7 Å². The summed E-state index contributed by atoms with van der Waals surface area (Å²) in [6.07, 6.45) is 0.